The van der Waals surface area contributed by atoms with Gasteiger partial charge in [-0.1, -0.05) is 6.07 Å². The molecule has 1 atom stereocenters. The van der Waals surface area contributed by atoms with E-state index in [0.717, 1.165) is 5.56 Å². The lowest BCUT2D eigenvalue weighted by Gasteiger charge is -2.24. The molecular weight excluding hydrogens is 260 g/mol. The third-order valence-electron chi connectivity index (χ3n) is 2.34. The van der Waals surface area contributed by atoms with Crippen molar-refractivity contribution in [2.75, 3.05) is 0 Å². The summed E-state index contributed by atoms with van der Waals surface area (Å²) in [6.45, 7) is 5.21. The van der Waals surface area contributed by atoms with Gasteiger partial charge in [0.1, 0.15) is 5.60 Å². The first kappa shape index (κ1) is 15.9. The molecule has 1 N–H and O–H groups in total. The Hall–Kier alpha value is -2.11. The van der Waals surface area contributed by atoms with Gasteiger partial charge in [-0.05, 0) is 38.8 Å². The Labute approximate surface area is 118 Å². The van der Waals surface area contributed by atoms with Crippen molar-refractivity contribution < 1.29 is 19.4 Å². The minimum absolute atomic E-state index is 0.284. The van der Waals surface area contributed by atoms with Crippen LogP contribution >= 0.6 is 0 Å². The molecule has 0 saturated carbocycles. The SMILES string of the molecule is CC(C)(C)OC(=O)N[C@H](CC(=O)[O-])Cc1cccnc1. The third-order valence-corrected chi connectivity index (χ3v) is 2.34. The van der Waals surface area contributed by atoms with Gasteiger partial charge in [-0.2, -0.15) is 0 Å². The van der Waals surface area contributed by atoms with E-state index < -0.39 is 23.7 Å². The number of nitrogens with one attached hydrogen (secondary N) is 1. The number of pyridine rings is 1. The molecule has 1 aromatic heterocycles. The lowest BCUT2D eigenvalue weighted by Crippen LogP contribution is -2.43. The van der Waals surface area contributed by atoms with Gasteiger partial charge in [0.15, 0.2) is 0 Å². The van der Waals surface area contributed by atoms with E-state index in [2.05, 4.69) is 10.3 Å². The smallest absolute Gasteiger partial charge is 0.407 e. The first-order valence-corrected chi connectivity index (χ1v) is 6.34. The Morgan fingerprint density at radius 1 is 1.45 bits per heavy atom. The van der Waals surface area contributed by atoms with Gasteiger partial charge in [0.05, 0.1) is 0 Å². The van der Waals surface area contributed by atoms with Crippen LogP contribution in [0.5, 0.6) is 0 Å². The Morgan fingerprint density at radius 2 is 2.15 bits per heavy atom. The van der Waals surface area contributed by atoms with Crippen molar-refractivity contribution in [2.24, 2.45) is 0 Å². The van der Waals surface area contributed by atoms with E-state index in [1.165, 1.54) is 0 Å². The summed E-state index contributed by atoms with van der Waals surface area (Å²) in [5.41, 5.74) is 0.194. The summed E-state index contributed by atoms with van der Waals surface area (Å²) in [7, 11) is 0. The second-order valence-electron chi connectivity index (χ2n) is 5.48. The van der Waals surface area contributed by atoms with Crippen molar-refractivity contribution in [1.82, 2.24) is 10.3 Å². The number of carbonyl (C=O) groups excluding carboxylic acids is 2. The van der Waals surface area contributed by atoms with Crippen molar-refractivity contribution in [1.29, 1.82) is 0 Å². The molecule has 0 aliphatic carbocycles. The molecule has 0 aliphatic rings. The number of carboxylic acid groups (broad SMARTS) is 1. The van der Waals surface area contributed by atoms with Gasteiger partial charge in [-0.3, -0.25) is 4.98 Å². The van der Waals surface area contributed by atoms with Crippen LogP contribution in [0.2, 0.25) is 0 Å². The molecule has 0 aliphatic heterocycles. The highest BCUT2D eigenvalue weighted by Crippen LogP contribution is 2.09. The number of hydrogen-bond acceptors (Lipinski definition) is 5. The number of alkyl carbamates (subject to hydrolysis) is 1. The zero-order chi connectivity index (χ0) is 15.2. The molecule has 20 heavy (non-hydrogen) atoms. The maximum atomic E-state index is 11.7. The van der Waals surface area contributed by atoms with Crippen LogP contribution in [0.3, 0.4) is 0 Å². The van der Waals surface area contributed by atoms with Gasteiger partial charge in [-0.25, -0.2) is 4.79 Å². The van der Waals surface area contributed by atoms with Crippen molar-refractivity contribution >= 4 is 12.1 Å². The van der Waals surface area contributed by atoms with Crippen LogP contribution in [0.1, 0.15) is 32.8 Å². The highest BCUT2D eigenvalue weighted by Gasteiger charge is 2.20. The maximum absolute atomic E-state index is 11.7. The highest BCUT2D eigenvalue weighted by atomic mass is 16.6. The van der Waals surface area contributed by atoms with Crippen LogP contribution < -0.4 is 10.4 Å². The number of aliphatic carboxylic acids is 1. The number of nitrogens with zero attached hydrogens (tertiary/aromatic N) is 1. The summed E-state index contributed by atoms with van der Waals surface area (Å²) in [5, 5.41) is 13.3. The minimum atomic E-state index is -1.23. The minimum Gasteiger partial charge on any atom is -0.550 e. The predicted octanol–water partition coefficient (Wildman–Crippen LogP) is 0.657. The summed E-state index contributed by atoms with van der Waals surface area (Å²) in [4.78, 5) is 26.4. The van der Waals surface area contributed by atoms with Gasteiger partial charge < -0.3 is 20.0 Å². The fourth-order valence-electron chi connectivity index (χ4n) is 1.65. The molecule has 110 valence electrons. The topological polar surface area (TPSA) is 91.3 Å². The van der Waals surface area contributed by atoms with Crippen LogP contribution in [0.15, 0.2) is 24.5 Å². The van der Waals surface area contributed by atoms with Crippen LogP contribution in [0, 0.1) is 0 Å². The first-order valence-electron chi connectivity index (χ1n) is 6.34. The van der Waals surface area contributed by atoms with E-state index in [1.54, 1.807) is 39.2 Å². The van der Waals surface area contributed by atoms with Crippen LogP contribution in [-0.2, 0) is 16.0 Å². The first-order chi connectivity index (χ1) is 9.26. The van der Waals surface area contributed by atoms with Crippen molar-refractivity contribution in [3.8, 4) is 0 Å². The van der Waals surface area contributed by atoms with Gasteiger partial charge in [-0.15, -0.1) is 0 Å². The van der Waals surface area contributed by atoms with E-state index in [-0.39, 0.29) is 6.42 Å². The van der Waals surface area contributed by atoms with Gasteiger partial charge >= 0.3 is 6.09 Å². The average molecular weight is 279 g/mol. The maximum Gasteiger partial charge on any atom is 0.407 e. The second-order valence-corrected chi connectivity index (χ2v) is 5.48. The fraction of sp³-hybridized carbons (Fsp3) is 0.500. The predicted molar refractivity (Wildman–Crippen MR) is 70.7 cm³/mol. The van der Waals surface area contributed by atoms with Gasteiger partial charge in [0, 0.05) is 30.8 Å². The van der Waals surface area contributed by atoms with Crippen LogP contribution in [0.4, 0.5) is 4.79 Å². The molecule has 1 amide bonds. The molecule has 0 unspecified atom stereocenters. The fourth-order valence-corrected chi connectivity index (χ4v) is 1.65. The van der Waals surface area contributed by atoms with Crippen molar-refractivity contribution in [3.05, 3.63) is 30.1 Å². The lowest BCUT2D eigenvalue weighted by molar-refractivity contribution is -0.306. The molecule has 6 nitrogen and oxygen atoms in total. The quantitative estimate of drug-likeness (QED) is 0.854. The summed E-state index contributed by atoms with van der Waals surface area (Å²) >= 11 is 0. The van der Waals surface area contributed by atoms with E-state index in [1.807, 2.05) is 6.07 Å². The monoisotopic (exact) mass is 279 g/mol. The van der Waals surface area contributed by atoms with E-state index in [9.17, 15) is 14.7 Å². The number of rotatable bonds is 5. The Bertz CT molecular complexity index is 454. The summed E-state index contributed by atoms with van der Waals surface area (Å²) < 4.78 is 5.11. The van der Waals surface area contributed by atoms with Crippen LogP contribution in [-0.4, -0.2) is 28.7 Å². The molecule has 6 heteroatoms. The molecule has 1 aromatic rings. The second kappa shape index (κ2) is 6.88. The zero-order valence-electron chi connectivity index (χ0n) is 11.9. The number of carbonyl (C=O) groups is 2. The molecule has 0 saturated heterocycles. The number of amides is 1. The molecule has 0 aromatic carbocycles. The largest absolute Gasteiger partial charge is 0.550 e. The lowest BCUT2D eigenvalue weighted by atomic mass is 10.1. The van der Waals surface area contributed by atoms with Crippen molar-refractivity contribution in [2.45, 2.75) is 45.3 Å². The molecule has 1 rings (SSSR count). The van der Waals surface area contributed by atoms with Crippen molar-refractivity contribution in [3.63, 3.8) is 0 Å². The van der Waals surface area contributed by atoms with E-state index in [0.29, 0.717) is 6.42 Å². The molecule has 1 heterocycles. The van der Waals surface area contributed by atoms with Crippen LogP contribution in [0.25, 0.3) is 0 Å². The average Bonchev–Trinajstić information content (AvgIpc) is 2.26. The number of hydrogen-bond donors (Lipinski definition) is 1. The molecule has 0 bridgehead atoms. The molecule has 0 radical (unpaired) electrons. The zero-order valence-corrected chi connectivity index (χ0v) is 11.9. The molecule has 0 fully saturated rings. The number of carboxylic acids is 1. The normalized spacial score (nSPS) is 12.6. The standard InChI is InChI=1S/C14H20N2O4/c1-14(2,3)20-13(19)16-11(8-12(17)18)7-10-5-4-6-15-9-10/h4-6,9,11H,7-8H2,1-3H3,(H,16,19)(H,17,18)/p-1/t11-/m0/s1. The Kier molecular flexibility index (Phi) is 5.49. The summed E-state index contributed by atoms with van der Waals surface area (Å²) in [5.74, 6) is -1.23. The summed E-state index contributed by atoms with van der Waals surface area (Å²) in [6, 6.07) is 2.96. The third kappa shape index (κ3) is 6.72. The van der Waals surface area contributed by atoms with E-state index >= 15 is 0 Å². The molecule has 0 spiro atoms. The van der Waals surface area contributed by atoms with E-state index in [4.69, 9.17) is 4.74 Å². The summed E-state index contributed by atoms with van der Waals surface area (Å²) in [6.07, 6.45) is 2.67. The highest BCUT2D eigenvalue weighted by molar-refractivity contribution is 5.70. The van der Waals surface area contributed by atoms with Gasteiger partial charge in [0.2, 0.25) is 0 Å². The number of ether oxygens (including phenoxy) is 1. The Morgan fingerprint density at radius 3 is 2.65 bits per heavy atom. The molecular formula is C14H19N2O4-. The Balaban J connectivity index is 2.65. The van der Waals surface area contributed by atoms with Gasteiger partial charge in [0.25, 0.3) is 0 Å². The number of aromatic nitrogens is 1.